The minimum atomic E-state index is 0.706. The molecule has 3 heteroatoms. The molecule has 1 saturated heterocycles. The van der Waals surface area contributed by atoms with Crippen LogP contribution in [0.2, 0.25) is 0 Å². The van der Waals surface area contributed by atoms with E-state index in [2.05, 4.69) is 56.7 Å². The highest BCUT2D eigenvalue weighted by Crippen LogP contribution is 2.36. The van der Waals surface area contributed by atoms with Crippen molar-refractivity contribution in [3.05, 3.63) is 0 Å². The molecule has 1 nitrogen and oxygen atoms in total. The summed E-state index contributed by atoms with van der Waals surface area (Å²) in [6, 6.07) is 0.706. The summed E-state index contributed by atoms with van der Waals surface area (Å²) in [5.74, 6) is 3.53. The van der Waals surface area contributed by atoms with Gasteiger partial charge in [0.25, 0.3) is 0 Å². The molecule has 0 aromatic rings. The second-order valence-corrected chi connectivity index (χ2v) is 7.43. The Kier molecular flexibility index (Phi) is 7.25. The number of thioether (sulfide) groups is 2. The second kappa shape index (κ2) is 7.88. The van der Waals surface area contributed by atoms with Crippen molar-refractivity contribution >= 4 is 23.5 Å². The Morgan fingerprint density at radius 3 is 2.50 bits per heavy atom. The summed E-state index contributed by atoms with van der Waals surface area (Å²) in [7, 11) is 2.14. The summed E-state index contributed by atoms with van der Waals surface area (Å²) in [5.41, 5.74) is 0. The molecular weight excluding hydrogens is 234 g/mol. The van der Waals surface area contributed by atoms with Gasteiger partial charge in [0.2, 0.25) is 0 Å². The van der Waals surface area contributed by atoms with Crippen LogP contribution in [-0.2, 0) is 0 Å². The second-order valence-electron chi connectivity index (χ2n) is 4.80. The molecular formula is C13H27NS2. The van der Waals surface area contributed by atoms with Crippen LogP contribution in [0.15, 0.2) is 0 Å². The zero-order chi connectivity index (χ0) is 12.0. The van der Waals surface area contributed by atoms with Crippen LogP contribution in [0.5, 0.6) is 0 Å². The standard InChI is InChI=1S/C13H27NS2/c1-5-10(3)9-11(14-4)13-12(6-2)15-7-8-16-13/h10-14H,5-9H2,1-4H3. The Labute approximate surface area is 110 Å². The third-order valence-electron chi connectivity index (χ3n) is 3.61. The Hall–Kier alpha value is 0.660. The average Bonchev–Trinajstić information content (AvgIpc) is 2.35. The fourth-order valence-corrected chi connectivity index (χ4v) is 5.65. The number of nitrogens with one attached hydrogen (secondary N) is 1. The predicted octanol–water partition coefficient (Wildman–Crippen LogP) is 3.64. The van der Waals surface area contributed by atoms with Gasteiger partial charge in [-0.25, -0.2) is 0 Å². The topological polar surface area (TPSA) is 12.0 Å². The van der Waals surface area contributed by atoms with Crippen LogP contribution in [0.25, 0.3) is 0 Å². The minimum absolute atomic E-state index is 0.706. The summed E-state index contributed by atoms with van der Waals surface area (Å²) >= 11 is 4.39. The lowest BCUT2D eigenvalue weighted by Gasteiger charge is -2.36. The number of rotatable bonds is 6. The van der Waals surface area contributed by atoms with Gasteiger partial charge in [0.15, 0.2) is 0 Å². The van der Waals surface area contributed by atoms with Crippen molar-refractivity contribution in [2.75, 3.05) is 18.6 Å². The van der Waals surface area contributed by atoms with E-state index in [0.29, 0.717) is 6.04 Å². The molecule has 0 aromatic carbocycles. The van der Waals surface area contributed by atoms with Crippen LogP contribution in [-0.4, -0.2) is 35.1 Å². The molecule has 96 valence electrons. The van der Waals surface area contributed by atoms with Gasteiger partial charge in [0.05, 0.1) is 0 Å². The van der Waals surface area contributed by atoms with Gasteiger partial charge < -0.3 is 5.32 Å². The average molecular weight is 261 g/mol. The highest BCUT2D eigenvalue weighted by atomic mass is 32.2. The number of hydrogen-bond acceptors (Lipinski definition) is 3. The third kappa shape index (κ3) is 4.15. The van der Waals surface area contributed by atoms with Crippen LogP contribution in [0.3, 0.4) is 0 Å². The van der Waals surface area contributed by atoms with E-state index in [-0.39, 0.29) is 0 Å². The van der Waals surface area contributed by atoms with Crippen molar-refractivity contribution in [2.24, 2.45) is 5.92 Å². The number of hydrogen-bond donors (Lipinski definition) is 1. The summed E-state index contributed by atoms with van der Waals surface area (Å²) in [6.45, 7) is 7.02. The van der Waals surface area contributed by atoms with E-state index in [0.717, 1.165) is 16.4 Å². The maximum absolute atomic E-state index is 3.57. The van der Waals surface area contributed by atoms with E-state index in [9.17, 15) is 0 Å². The molecule has 0 amide bonds. The van der Waals surface area contributed by atoms with E-state index in [1.54, 1.807) is 0 Å². The van der Waals surface area contributed by atoms with Crippen molar-refractivity contribution in [3.8, 4) is 0 Å². The quantitative estimate of drug-likeness (QED) is 0.784. The van der Waals surface area contributed by atoms with Gasteiger partial charge in [-0.15, -0.1) is 0 Å². The van der Waals surface area contributed by atoms with Gasteiger partial charge in [-0.1, -0.05) is 27.2 Å². The van der Waals surface area contributed by atoms with E-state index >= 15 is 0 Å². The van der Waals surface area contributed by atoms with Crippen molar-refractivity contribution in [1.29, 1.82) is 0 Å². The molecule has 4 unspecified atom stereocenters. The zero-order valence-electron chi connectivity index (χ0n) is 11.2. The SMILES string of the molecule is CCC(C)CC(NC)C1SCCSC1CC. The van der Waals surface area contributed by atoms with Gasteiger partial charge in [0.1, 0.15) is 0 Å². The normalized spacial score (nSPS) is 30.0. The lowest BCUT2D eigenvalue weighted by atomic mass is 9.95. The van der Waals surface area contributed by atoms with Crippen LogP contribution in [0.1, 0.15) is 40.0 Å². The maximum Gasteiger partial charge on any atom is 0.0320 e. The Morgan fingerprint density at radius 2 is 1.94 bits per heavy atom. The fourth-order valence-electron chi connectivity index (χ4n) is 2.33. The van der Waals surface area contributed by atoms with Gasteiger partial charge in [-0.3, -0.25) is 0 Å². The summed E-state index contributed by atoms with van der Waals surface area (Å²) in [5, 5.41) is 5.25. The van der Waals surface area contributed by atoms with Gasteiger partial charge >= 0.3 is 0 Å². The Balaban J connectivity index is 2.54. The van der Waals surface area contributed by atoms with E-state index in [1.807, 2.05) is 0 Å². The summed E-state index contributed by atoms with van der Waals surface area (Å²) < 4.78 is 0. The van der Waals surface area contributed by atoms with E-state index < -0.39 is 0 Å². The van der Waals surface area contributed by atoms with Crippen LogP contribution in [0, 0.1) is 5.92 Å². The molecule has 1 aliphatic heterocycles. The first-order valence-corrected chi connectivity index (χ1v) is 8.73. The molecule has 4 atom stereocenters. The molecule has 0 bridgehead atoms. The molecule has 0 aromatic heterocycles. The molecule has 0 aliphatic carbocycles. The molecule has 1 N–H and O–H groups in total. The lowest BCUT2D eigenvalue weighted by molar-refractivity contribution is 0.397. The van der Waals surface area contributed by atoms with E-state index in [1.165, 1.54) is 30.8 Å². The summed E-state index contributed by atoms with van der Waals surface area (Å²) in [6.07, 6.45) is 3.96. The third-order valence-corrected chi connectivity index (χ3v) is 7.02. The maximum atomic E-state index is 3.57. The Morgan fingerprint density at radius 1 is 1.25 bits per heavy atom. The van der Waals surface area contributed by atoms with Crippen molar-refractivity contribution in [3.63, 3.8) is 0 Å². The Bertz CT molecular complexity index is 187. The lowest BCUT2D eigenvalue weighted by Crippen LogP contribution is -2.44. The van der Waals surface area contributed by atoms with Crippen molar-refractivity contribution < 1.29 is 0 Å². The van der Waals surface area contributed by atoms with Crippen LogP contribution < -0.4 is 5.32 Å². The highest BCUT2D eigenvalue weighted by molar-refractivity contribution is 8.07. The van der Waals surface area contributed by atoms with Crippen LogP contribution >= 0.6 is 23.5 Å². The fraction of sp³-hybridized carbons (Fsp3) is 1.00. The molecule has 16 heavy (non-hydrogen) atoms. The van der Waals surface area contributed by atoms with Gasteiger partial charge in [-0.2, -0.15) is 23.5 Å². The largest absolute Gasteiger partial charge is 0.316 e. The van der Waals surface area contributed by atoms with E-state index in [4.69, 9.17) is 0 Å². The summed E-state index contributed by atoms with van der Waals surface area (Å²) in [4.78, 5) is 0. The molecule has 1 aliphatic rings. The first kappa shape index (κ1) is 14.7. The molecule has 1 heterocycles. The smallest absolute Gasteiger partial charge is 0.0320 e. The minimum Gasteiger partial charge on any atom is -0.316 e. The first-order chi connectivity index (χ1) is 7.72. The molecule has 1 rings (SSSR count). The highest BCUT2D eigenvalue weighted by Gasteiger charge is 2.31. The van der Waals surface area contributed by atoms with Crippen molar-refractivity contribution in [1.82, 2.24) is 5.32 Å². The van der Waals surface area contributed by atoms with Crippen molar-refractivity contribution in [2.45, 2.75) is 56.6 Å². The van der Waals surface area contributed by atoms with Gasteiger partial charge in [-0.05, 0) is 25.8 Å². The first-order valence-electron chi connectivity index (χ1n) is 6.63. The van der Waals surface area contributed by atoms with Gasteiger partial charge in [0, 0.05) is 28.0 Å². The molecule has 0 spiro atoms. The zero-order valence-corrected chi connectivity index (χ0v) is 12.8. The monoisotopic (exact) mass is 261 g/mol. The predicted molar refractivity (Wildman–Crippen MR) is 79.7 cm³/mol. The molecule has 0 saturated carbocycles. The molecule has 0 radical (unpaired) electrons. The van der Waals surface area contributed by atoms with Crippen LogP contribution in [0.4, 0.5) is 0 Å². The molecule has 1 fully saturated rings.